The highest BCUT2D eigenvalue weighted by atomic mass is 19.1. The molecular formula is C12H9F2NO2. The van der Waals surface area contributed by atoms with Crippen LogP contribution in [0.25, 0.3) is 0 Å². The van der Waals surface area contributed by atoms with Crippen LogP contribution in [0.4, 0.5) is 8.78 Å². The minimum atomic E-state index is -0.569. The first-order chi connectivity index (χ1) is 8.19. The number of ether oxygens (including phenoxy) is 1. The molecule has 0 unspecified atom stereocenters. The Balaban J connectivity index is 2.29. The number of aromatic nitrogens is 1. The van der Waals surface area contributed by atoms with E-state index in [1.807, 2.05) is 0 Å². The first kappa shape index (κ1) is 11.5. The molecule has 0 aliphatic heterocycles. The molecular weight excluding hydrogens is 228 g/mol. The minimum absolute atomic E-state index is 0.0551. The number of hydrogen-bond acceptors (Lipinski definition) is 3. The van der Waals surface area contributed by atoms with E-state index < -0.39 is 18.2 Å². The van der Waals surface area contributed by atoms with Gasteiger partial charge in [-0.05, 0) is 18.2 Å². The number of nitrogens with zero attached hydrogens (tertiary/aromatic N) is 1. The third-order valence-corrected chi connectivity index (χ3v) is 2.07. The molecule has 5 heteroatoms. The van der Waals surface area contributed by atoms with Crippen LogP contribution in [0.5, 0.6) is 11.6 Å². The van der Waals surface area contributed by atoms with Crippen molar-refractivity contribution >= 4 is 0 Å². The fraction of sp³-hybridized carbons (Fsp3) is 0.0833. The Labute approximate surface area is 96.3 Å². The second kappa shape index (κ2) is 4.88. The van der Waals surface area contributed by atoms with Crippen LogP contribution in [-0.4, -0.2) is 10.1 Å². The summed E-state index contributed by atoms with van der Waals surface area (Å²) in [6, 6.07) is 6.58. The van der Waals surface area contributed by atoms with Gasteiger partial charge in [0.25, 0.3) is 0 Å². The van der Waals surface area contributed by atoms with Gasteiger partial charge in [0.15, 0.2) is 0 Å². The molecule has 17 heavy (non-hydrogen) atoms. The Bertz CT molecular complexity index is 532. The number of benzene rings is 1. The third-order valence-electron chi connectivity index (χ3n) is 2.07. The normalized spacial score (nSPS) is 10.3. The molecule has 1 aromatic heterocycles. The van der Waals surface area contributed by atoms with Crippen molar-refractivity contribution < 1.29 is 18.6 Å². The zero-order chi connectivity index (χ0) is 12.3. The van der Waals surface area contributed by atoms with Crippen LogP contribution in [0.2, 0.25) is 0 Å². The molecule has 88 valence electrons. The molecule has 1 N–H and O–H groups in total. The zero-order valence-electron chi connectivity index (χ0n) is 8.73. The Kier molecular flexibility index (Phi) is 3.30. The van der Waals surface area contributed by atoms with Gasteiger partial charge in [-0.1, -0.05) is 6.07 Å². The maximum atomic E-state index is 12.9. The molecule has 0 bridgehead atoms. The van der Waals surface area contributed by atoms with Gasteiger partial charge >= 0.3 is 0 Å². The van der Waals surface area contributed by atoms with Gasteiger partial charge < -0.3 is 9.84 Å². The lowest BCUT2D eigenvalue weighted by Crippen LogP contribution is -1.96. The molecule has 0 amide bonds. The van der Waals surface area contributed by atoms with Crippen LogP contribution >= 0.6 is 0 Å². The fourth-order valence-electron chi connectivity index (χ4n) is 1.32. The standard InChI is InChI=1S/C12H9F2NO2/c13-9-2-1-3-11(5-9)17-12-8(7-16)4-10(14)6-15-12/h1-6,16H,7H2. The van der Waals surface area contributed by atoms with Gasteiger partial charge in [0.1, 0.15) is 17.4 Å². The summed E-state index contributed by atoms with van der Waals surface area (Å²) in [7, 11) is 0. The molecule has 0 saturated heterocycles. The highest BCUT2D eigenvalue weighted by molar-refractivity contribution is 5.32. The van der Waals surface area contributed by atoms with Gasteiger partial charge in [0, 0.05) is 11.6 Å². The Morgan fingerprint density at radius 2 is 2.00 bits per heavy atom. The van der Waals surface area contributed by atoms with Gasteiger partial charge in [-0.25, -0.2) is 13.8 Å². The van der Waals surface area contributed by atoms with Crippen LogP contribution in [-0.2, 0) is 6.61 Å². The summed E-state index contributed by atoms with van der Waals surface area (Å²) >= 11 is 0. The molecule has 2 rings (SSSR count). The number of rotatable bonds is 3. The first-order valence-corrected chi connectivity index (χ1v) is 4.88. The molecule has 3 nitrogen and oxygen atoms in total. The van der Waals surface area contributed by atoms with E-state index in [1.54, 1.807) is 0 Å². The van der Waals surface area contributed by atoms with Crippen molar-refractivity contribution in [2.75, 3.05) is 0 Å². The van der Waals surface area contributed by atoms with E-state index in [1.165, 1.54) is 24.3 Å². The SMILES string of the molecule is OCc1cc(F)cnc1Oc1cccc(F)c1. The predicted octanol–water partition coefficient (Wildman–Crippen LogP) is 2.64. The summed E-state index contributed by atoms with van der Waals surface area (Å²) in [4.78, 5) is 3.69. The monoisotopic (exact) mass is 237 g/mol. The number of hydrogen-bond donors (Lipinski definition) is 1. The van der Waals surface area contributed by atoms with Crippen molar-refractivity contribution in [2.45, 2.75) is 6.61 Å². The van der Waals surface area contributed by atoms with E-state index in [4.69, 9.17) is 9.84 Å². The molecule has 0 aliphatic rings. The quantitative estimate of drug-likeness (QED) is 0.892. The van der Waals surface area contributed by atoms with Gasteiger partial charge in [-0.3, -0.25) is 0 Å². The molecule has 0 aliphatic carbocycles. The van der Waals surface area contributed by atoms with Gasteiger partial charge in [0.2, 0.25) is 5.88 Å². The van der Waals surface area contributed by atoms with E-state index in [-0.39, 0.29) is 17.2 Å². The van der Waals surface area contributed by atoms with E-state index >= 15 is 0 Å². The molecule has 0 radical (unpaired) electrons. The van der Waals surface area contributed by atoms with Gasteiger partial charge in [-0.2, -0.15) is 0 Å². The Hall–Kier alpha value is -2.01. The lowest BCUT2D eigenvalue weighted by atomic mass is 10.3. The number of aliphatic hydroxyl groups is 1. The average Bonchev–Trinajstić information content (AvgIpc) is 2.31. The molecule has 2 aromatic rings. The second-order valence-electron chi connectivity index (χ2n) is 3.34. The summed E-state index contributed by atoms with van der Waals surface area (Å²) < 4.78 is 31.0. The molecule has 1 aromatic carbocycles. The summed E-state index contributed by atoms with van der Waals surface area (Å²) in [6.45, 7) is -0.407. The van der Waals surface area contributed by atoms with Gasteiger partial charge in [0.05, 0.1) is 12.8 Å². The van der Waals surface area contributed by atoms with Crippen LogP contribution in [0.3, 0.4) is 0 Å². The fourth-order valence-corrected chi connectivity index (χ4v) is 1.32. The number of halogens is 2. The molecule has 1 heterocycles. The highest BCUT2D eigenvalue weighted by Gasteiger charge is 2.08. The topological polar surface area (TPSA) is 42.4 Å². The van der Waals surface area contributed by atoms with Crippen molar-refractivity contribution in [1.29, 1.82) is 0 Å². The van der Waals surface area contributed by atoms with Crippen LogP contribution in [0.1, 0.15) is 5.56 Å². The summed E-state index contributed by atoms with van der Waals surface area (Å²) in [5, 5.41) is 9.01. The van der Waals surface area contributed by atoms with Crippen LogP contribution < -0.4 is 4.74 Å². The van der Waals surface area contributed by atoms with E-state index in [2.05, 4.69) is 4.98 Å². The van der Waals surface area contributed by atoms with Crippen molar-refractivity contribution in [1.82, 2.24) is 4.98 Å². The van der Waals surface area contributed by atoms with Crippen molar-refractivity contribution in [2.24, 2.45) is 0 Å². The van der Waals surface area contributed by atoms with Crippen LogP contribution in [0, 0.1) is 11.6 Å². The van der Waals surface area contributed by atoms with Crippen molar-refractivity contribution in [3.05, 3.63) is 53.7 Å². The molecule has 0 atom stereocenters. The molecule has 0 spiro atoms. The Morgan fingerprint density at radius 3 is 2.71 bits per heavy atom. The van der Waals surface area contributed by atoms with Gasteiger partial charge in [-0.15, -0.1) is 0 Å². The summed E-state index contributed by atoms with van der Waals surface area (Å²) in [5.74, 6) is -0.728. The second-order valence-corrected chi connectivity index (χ2v) is 3.34. The van der Waals surface area contributed by atoms with E-state index in [0.717, 1.165) is 12.3 Å². The maximum absolute atomic E-state index is 12.9. The van der Waals surface area contributed by atoms with E-state index in [9.17, 15) is 8.78 Å². The number of pyridine rings is 1. The Morgan fingerprint density at radius 1 is 1.18 bits per heavy atom. The zero-order valence-corrected chi connectivity index (χ0v) is 8.73. The lowest BCUT2D eigenvalue weighted by molar-refractivity contribution is 0.274. The summed E-state index contributed by atoms with van der Waals surface area (Å²) in [6.07, 6.45) is 0.966. The van der Waals surface area contributed by atoms with Crippen LogP contribution in [0.15, 0.2) is 36.5 Å². The lowest BCUT2D eigenvalue weighted by Gasteiger charge is -2.08. The number of aliphatic hydroxyl groups excluding tert-OH is 1. The van der Waals surface area contributed by atoms with Crippen molar-refractivity contribution in [3.63, 3.8) is 0 Å². The smallest absolute Gasteiger partial charge is 0.224 e. The van der Waals surface area contributed by atoms with E-state index in [0.29, 0.717) is 0 Å². The minimum Gasteiger partial charge on any atom is -0.439 e. The highest BCUT2D eigenvalue weighted by Crippen LogP contribution is 2.24. The summed E-state index contributed by atoms with van der Waals surface area (Å²) in [5.41, 5.74) is 0.203. The maximum Gasteiger partial charge on any atom is 0.224 e. The molecule has 0 saturated carbocycles. The first-order valence-electron chi connectivity index (χ1n) is 4.88. The third kappa shape index (κ3) is 2.76. The average molecular weight is 237 g/mol. The van der Waals surface area contributed by atoms with Crippen molar-refractivity contribution in [3.8, 4) is 11.6 Å². The molecule has 0 fully saturated rings. The predicted molar refractivity (Wildman–Crippen MR) is 56.6 cm³/mol. The largest absolute Gasteiger partial charge is 0.439 e.